The van der Waals surface area contributed by atoms with E-state index in [1.165, 1.54) is 0 Å². The molecule has 0 spiro atoms. The summed E-state index contributed by atoms with van der Waals surface area (Å²) in [4.78, 5) is 29.4. The third-order valence-corrected chi connectivity index (χ3v) is 3.79. The molecule has 1 aliphatic rings. The highest BCUT2D eigenvalue weighted by Gasteiger charge is 2.24. The summed E-state index contributed by atoms with van der Waals surface area (Å²) in [7, 11) is 0. The zero-order valence-corrected chi connectivity index (χ0v) is 13.4. The van der Waals surface area contributed by atoms with Gasteiger partial charge in [-0.2, -0.15) is 0 Å². The molecule has 2 amide bonds. The summed E-state index contributed by atoms with van der Waals surface area (Å²) in [5.41, 5.74) is 0.394. The van der Waals surface area contributed by atoms with Crippen LogP contribution in [0.5, 0.6) is 0 Å². The van der Waals surface area contributed by atoms with Gasteiger partial charge in [0.2, 0.25) is 0 Å². The number of halogens is 1. The zero-order chi connectivity index (χ0) is 15.2. The van der Waals surface area contributed by atoms with E-state index in [0.29, 0.717) is 25.4 Å². The van der Waals surface area contributed by atoms with Crippen molar-refractivity contribution in [1.29, 1.82) is 0 Å². The molecular formula is C14H18BrN3O3. The zero-order valence-electron chi connectivity index (χ0n) is 11.8. The van der Waals surface area contributed by atoms with E-state index in [-0.39, 0.29) is 18.0 Å². The molecule has 1 saturated heterocycles. The lowest BCUT2D eigenvalue weighted by molar-refractivity contribution is 0.0856. The normalized spacial score (nSPS) is 15.6. The van der Waals surface area contributed by atoms with Crippen LogP contribution in [0.25, 0.3) is 0 Å². The van der Waals surface area contributed by atoms with Gasteiger partial charge in [-0.15, -0.1) is 0 Å². The summed E-state index contributed by atoms with van der Waals surface area (Å²) in [6, 6.07) is 3.52. The predicted molar refractivity (Wildman–Crippen MR) is 81.0 cm³/mol. The van der Waals surface area contributed by atoms with Gasteiger partial charge >= 0.3 is 6.09 Å². The molecule has 0 unspecified atom stereocenters. The molecule has 0 bridgehead atoms. The number of carbonyl (C=O) groups is 2. The fourth-order valence-corrected chi connectivity index (χ4v) is 2.43. The first-order chi connectivity index (χ1) is 10.1. The van der Waals surface area contributed by atoms with Crippen LogP contribution in [0.1, 0.15) is 30.3 Å². The summed E-state index contributed by atoms with van der Waals surface area (Å²) in [6.45, 7) is 3.36. The number of hydrogen-bond acceptors (Lipinski definition) is 4. The summed E-state index contributed by atoms with van der Waals surface area (Å²) >= 11 is 3.28. The number of hydrogen-bond donors (Lipinski definition) is 1. The summed E-state index contributed by atoms with van der Waals surface area (Å²) in [5.74, 6) is -0.183. The van der Waals surface area contributed by atoms with Gasteiger partial charge in [-0.05, 0) is 47.8 Å². The van der Waals surface area contributed by atoms with Crippen molar-refractivity contribution >= 4 is 27.9 Å². The highest BCUT2D eigenvalue weighted by atomic mass is 79.9. The van der Waals surface area contributed by atoms with Gasteiger partial charge in [0, 0.05) is 29.8 Å². The molecule has 0 atom stereocenters. The van der Waals surface area contributed by atoms with Gasteiger partial charge in [-0.25, -0.2) is 9.78 Å². The maximum atomic E-state index is 12.0. The van der Waals surface area contributed by atoms with Crippen LogP contribution in [0.3, 0.4) is 0 Å². The van der Waals surface area contributed by atoms with Crippen LogP contribution in [0.4, 0.5) is 4.79 Å². The number of aromatic nitrogens is 1. The van der Waals surface area contributed by atoms with Crippen LogP contribution < -0.4 is 5.32 Å². The minimum absolute atomic E-state index is 0.0635. The molecule has 7 heteroatoms. The van der Waals surface area contributed by atoms with Gasteiger partial charge in [-0.1, -0.05) is 0 Å². The van der Waals surface area contributed by atoms with E-state index in [0.717, 1.165) is 17.3 Å². The Morgan fingerprint density at radius 1 is 1.43 bits per heavy atom. The molecule has 0 aliphatic carbocycles. The summed E-state index contributed by atoms with van der Waals surface area (Å²) in [6.07, 6.45) is 2.76. The van der Waals surface area contributed by atoms with Crippen LogP contribution >= 0.6 is 15.9 Å². The van der Waals surface area contributed by atoms with Gasteiger partial charge in [0.05, 0.1) is 6.61 Å². The molecule has 2 rings (SSSR count). The smallest absolute Gasteiger partial charge is 0.409 e. The molecule has 0 radical (unpaired) electrons. The molecule has 0 saturated carbocycles. The minimum atomic E-state index is -0.281. The number of nitrogens with zero attached hydrogens (tertiary/aromatic N) is 2. The van der Waals surface area contributed by atoms with E-state index in [2.05, 4.69) is 26.2 Å². The van der Waals surface area contributed by atoms with E-state index in [1.54, 1.807) is 30.2 Å². The van der Waals surface area contributed by atoms with Gasteiger partial charge in [0.25, 0.3) is 5.91 Å². The standard InChI is InChI=1S/C14H18BrN3O3/c1-2-21-14(20)18-7-5-11(6-8-18)17-13(19)12-4-3-10(15)9-16-12/h3-4,9,11H,2,5-8H2,1H3,(H,17,19). The van der Waals surface area contributed by atoms with E-state index in [9.17, 15) is 9.59 Å². The van der Waals surface area contributed by atoms with E-state index < -0.39 is 0 Å². The van der Waals surface area contributed by atoms with Crippen molar-refractivity contribution in [3.05, 3.63) is 28.5 Å². The summed E-state index contributed by atoms with van der Waals surface area (Å²) < 4.78 is 5.80. The molecule has 1 N–H and O–H groups in total. The van der Waals surface area contributed by atoms with Gasteiger partial charge < -0.3 is 15.0 Å². The first-order valence-corrected chi connectivity index (χ1v) is 7.73. The maximum Gasteiger partial charge on any atom is 0.409 e. The Morgan fingerprint density at radius 2 is 2.14 bits per heavy atom. The van der Waals surface area contributed by atoms with E-state index in [4.69, 9.17) is 4.74 Å². The maximum absolute atomic E-state index is 12.0. The molecule has 1 fully saturated rings. The average Bonchev–Trinajstić information content (AvgIpc) is 2.49. The Labute approximate surface area is 132 Å². The Kier molecular flexibility index (Phi) is 5.55. The van der Waals surface area contributed by atoms with Crippen molar-refractivity contribution in [1.82, 2.24) is 15.2 Å². The Balaban J connectivity index is 1.82. The number of ether oxygens (including phenoxy) is 1. The van der Waals surface area contributed by atoms with Crippen LogP contribution in [0, 0.1) is 0 Å². The molecular weight excluding hydrogens is 338 g/mol. The lowest BCUT2D eigenvalue weighted by atomic mass is 10.1. The Morgan fingerprint density at radius 3 is 2.71 bits per heavy atom. The second-order valence-electron chi connectivity index (χ2n) is 4.80. The number of piperidine rings is 1. The largest absolute Gasteiger partial charge is 0.450 e. The average molecular weight is 356 g/mol. The molecule has 21 heavy (non-hydrogen) atoms. The fraction of sp³-hybridized carbons (Fsp3) is 0.500. The van der Waals surface area contributed by atoms with Crippen molar-refractivity contribution in [3.63, 3.8) is 0 Å². The molecule has 0 aromatic carbocycles. The van der Waals surface area contributed by atoms with Crippen molar-refractivity contribution in [2.45, 2.75) is 25.8 Å². The van der Waals surface area contributed by atoms with Crippen molar-refractivity contribution in [2.24, 2.45) is 0 Å². The highest BCUT2D eigenvalue weighted by molar-refractivity contribution is 9.10. The van der Waals surface area contributed by atoms with Crippen molar-refractivity contribution in [3.8, 4) is 0 Å². The highest BCUT2D eigenvalue weighted by Crippen LogP contribution is 2.13. The SMILES string of the molecule is CCOC(=O)N1CCC(NC(=O)c2ccc(Br)cn2)CC1. The number of likely N-dealkylation sites (tertiary alicyclic amines) is 1. The van der Waals surface area contributed by atoms with Crippen molar-refractivity contribution in [2.75, 3.05) is 19.7 Å². The third-order valence-electron chi connectivity index (χ3n) is 3.32. The third kappa shape index (κ3) is 4.42. The molecule has 2 heterocycles. The van der Waals surface area contributed by atoms with Gasteiger partial charge in [-0.3, -0.25) is 4.79 Å². The monoisotopic (exact) mass is 355 g/mol. The number of rotatable bonds is 3. The van der Waals surface area contributed by atoms with Crippen LogP contribution in [0.2, 0.25) is 0 Å². The minimum Gasteiger partial charge on any atom is -0.450 e. The first-order valence-electron chi connectivity index (χ1n) is 6.94. The van der Waals surface area contributed by atoms with E-state index >= 15 is 0 Å². The molecule has 6 nitrogen and oxygen atoms in total. The Bertz CT molecular complexity index is 499. The number of amides is 2. The second kappa shape index (κ2) is 7.40. The molecule has 1 aromatic rings. The Hall–Kier alpha value is -1.63. The van der Waals surface area contributed by atoms with Crippen molar-refractivity contribution < 1.29 is 14.3 Å². The van der Waals surface area contributed by atoms with Gasteiger partial charge in [0.1, 0.15) is 5.69 Å². The molecule has 1 aliphatic heterocycles. The first kappa shape index (κ1) is 15.8. The van der Waals surface area contributed by atoms with Crippen LogP contribution in [-0.2, 0) is 4.74 Å². The number of carbonyl (C=O) groups excluding carboxylic acids is 2. The number of pyridine rings is 1. The predicted octanol–water partition coefficient (Wildman–Crippen LogP) is 2.19. The second-order valence-corrected chi connectivity index (χ2v) is 5.71. The topological polar surface area (TPSA) is 71.5 Å². The fourth-order valence-electron chi connectivity index (χ4n) is 2.19. The lowest BCUT2D eigenvalue weighted by Crippen LogP contribution is -2.46. The molecule has 114 valence electrons. The van der Waals surface area contributed by atoms with Crippen LogP contribution in [-0.4, -0.2) is 47.6 Å². The van der Waals surface area contributed by atoms with Gasteiger partial charge in [0.15, 0.2) is 0 Å². The summed E-state index contributed by atoms with van der Waals surface area (Å²) in [5, 5.41) is 2.95. The van der Waals surface area contributed by atoms with E-state index in [1.807, 2.05) is 0 Å². The number of nitrogens with one attached hydrogen (secondary N) is 1. The van der Waals surface area contributed by atoms with Crippen LogP contribution in [0.15, 0.2) is 22.8 Å². The quantitative estimate of drug-likeness (QED) is 0.901. The lowest BCUT2D eigenvalue weighted by Gasteiger charge is -2.31. The molecule has 1 aromatic heterocycles.